The number of halogens is 1. The Kier molecular flexibility index (Phi) is 6.82. The maximum atomic E-state index is 14.9. The molecule has 0 bridgehead atoms. The van der Waals surface area contributed by atoms with Gasteiger partial charge >= 0.3 is 6.03 Å². The van der Waals surface area contributed by atoms with E-state index < -0.39 is 11.8 Å². The number of carbonyl (C=O) groups excluding carboxylic acids is 1. The van der Waals surface area contributed by atoms with Crippen molar-refractivity contribution in [3.8, 4) is 11.1 Å². The molecule has 0 saturated carbocycles. The first-order valence-electron chi connectivity index (χ1n) is 12.2. The third-order valence-electron chi connectivity index (χ3n) is 6.52. The lowest BCUT2D eigenvalue weighted by Crippen LogP contribution is -2.24. The number of hydrogen-bond donors (Lipinski definition) is 3. The number of urea groups is 1. The fourth-order valence-electron chi connectivity index (χ4n) is 4.62. The highest BCUT2D eigenvalue weighted by atomic mass is 19.1. The molecule has 0 fully saturated rings. The molecule has 194 valence electrons. The van der Waals surface area contributed by atoms with Gasteiger partial charge in [-0.3, -0.25) is 4.79 Å². The molecule has 0 atom stereocenters. The van der Waals surface area contributed by atoms with E-state index in [1.165, 1.54) is 12.1 Å². The Balaban J connectivity index is 1.71. The first-order valence-corrected chi connectivity index (χ1v) is 12.2. The van der Waals surface area contributed by atoms with Crippen LogP contribution in [-0.2, 0) is 12.1 Å². The number of aryl methyl sites for hydroxylation is 2. The van der Waals surface area contributed by atoms with Gasteiger partial charge in [-0.05, 0) is 76.9 Å². The zero-order valence-corrected chi connectivity index (χ0v) is 22.3. The third kappa shape index (κ3) is 4.94. The summed E-state index contributed by atoms with van der Waals surface area (Å²) in [5, 5.41) is 9.18. The molecule has 0 saturated heterocycles. The van der Waals surface area contributed by atoms with Crippen LogP contribution < -0.4 is 21.5 Å². The Morgan fingerprint density at radius 1 is 1.05 bits per heavy atom. The Morgan fingerprint density at radius 3 is 2.38 bits per heavy atom. The van der Waals surface area contributed by atoms with Crippen molar-refractivity contribution < 1.29 is 9.18 Å². The average Bonchev–Trinajstić information content (AvgIpc) is 3.20. The van der Waals surface area contributed by atoms with Crippen molar-refractivity contribution in [3.05, 3.63) is 70.2 Å². The van der Waals surface area contributed by atoms with Gasteiger partial charge < -0.3 is 25.1 Å². The van der Waals surface area contributed by atoms with Gasteiger partial charge in [0.1, 0.15) is 11.6 Å². The normalized spacial score (nSPS) is 11.6. The molecule has 0 unspecified atom stereocenters. The van der Waals surface area contributed by atoms with Crippen LogP contribution in [-0.4, -0.2) is 27.2 Å². The summed E-state index contributed by atoms with van der Waals surface area (Å²) in [6, 6.07) is 7.67. The summed E-state index contributed by atoms with van der Waals surface area (Å²) in [5.41, 5.74) is 3.45. The first kappa shape index (κ1) is 25.9. The average molecular weight is 505 g/mol. The second-order valence-corrected chi connectivity index (χ2v) is 10.1. The quantitative estimate of drug-likeness (QED) is 0.307. The molecule has 0 aliphatic rings. The van der Waals surface area contributed by atoms with Gasteiger partial charge in [0.05, 0.1) is 16.9 Å². The number of rotatable bonds is 5. The van der Waals surface area contributed by atoms with E-state index in [9.17, 15) is 14.0 Å². The Labute approximate surface area is 215 Å². The van der Waals surface area contributed by atoms with Gasteiger partial charge in [0, 0.05) is 54.2 Å². The minimum Gasteiger partial charge on any atom is -0.373 e. The van der Waals surface area contributed by atoms with Crippen LogP contribution in [0.2, 0.25) is 0 Å². The van der Waals surface area contributed by atoms with Gasteiger partial charge in [0.2, 0.25) is 0 Å². The zero-order valence-electron chi connectivity index (χ0n) is 22.3. The van der Waals surface area contributed by atoms with E-state index in [1.54, 1.807) is 30.8 Å². The molecule has 0 aliphatic carbocycles. The van der Waals surface area contributed by atoms with Crippen molar-refractivity contribution in [1.82, 2.24) is 14.1 Å². The lowest BCUT2D eigenvalue weighted by molar-refractivity contribution is 0.262. The number of nitrogens with zero attached hydrogens (tertiary/aromatic N) is 3. The first-order chi connectivity index (χ1) is 17.4. The van der Waals surface area contributed by atoms with Gasteiger partial charge in [-0.2, -0.15) is 0 Å². The molecule has 0 spiro atoms. The van der Waals surface area contributed by atoms with E-state index in [0.717, 1.165) is 16.6 Å². The lowest BCUT2D eigenvalue weighted by atomic mass is 9.99. The number of hydrogen-bond acceptors (Lipinski definition) is 4. The summed E-state index contributed by atoms with van der Waals surface area (Å²) < 4.78 is 18.6. The van der Waals surface area contributed by atoms with Crippen LogP contribution >= 0.6 is 0 Å². The number of carbonyl (C=O) groups is 1. The van der Waals surface area contributed by atoms with Crippen LogP contribution in [0.5, 0.6) is 0 Å². The molecule has 3 heterocycles. The highest BCUT2D eigenvalue weighted by Crippen LogP contribution is 2.30. The second kappa shape index (κ2) is 9.72. The topological polar surface area (TPSA) is 93.0 Å². The summed E-state index contributed by atoms with van der Waals surface area (Å²) >= 11 is 0. The monoisotopic (exact) mass is 504 g/mol. The van der Waals surface area contributed by atoms with Gasteiger partial charge in [0.25, 0.3) is 5.56 Å². The molecule has 8 nitrogen and oxygen atoms in total. The predicted molar refractivity (Wildman–Crippen MR) is 148 cm³/mol. The molecule has 0 aliphatic heterocycles. The second-order valence-electron chi connectivity index (χ2n) is 10.1. The largest absolute Gasteiger partial charge is 0.373 e. The number of fused-ring (bicyclic) bond motifs is 1. The molecule has 4 rings (SSSR count). The molecular weight excluding hydrogens is 471 g/mol. The summed E-state index contributed by atoms with van der Waals surface area (Å²) in [6.07, 6.45) is 3.61. The number of aromatic nitrogens is 3. The molecular formula is C28H33FN6O2. The number of benzene rings is 1. The van der Waals surface area contributed by atoms with E-state index in [1.807, 2.05) is 32.2 Å². The van der Waals surface area contributed by atoms with Crippen LogP contribution in [0.4, 0.5) is 26.4 Å². The van der Waals surface area contributed by atoms with Crippen LogP contribution in [0.25, 0.3) is 22.0 Å². The Morgan fingerprint density at radius 2 is 1.76 bits per heavy atom. The molecule has 9 heteroatoms. The van der Waals surface area contributed by atoms with Crippen molar-refractivity contribution in [2.45, 2.75) is 53.6 Å². The molecule has 4 aromatic rings. The van der Waals surface area contributed by atoms with Crippen LogP contribution in [0.1, 0.15) is 39.0 Å². The van der Waals surface area contributed by atoms with Crippen molar-refractivity contribution in [2.24, 2.45) is 0 Å². The molecule has 3 aromatic heterocycles. The highest BCUT2D eigenvalue weighted by Gasteiger charge is 2.19. The SMILES string of the molecule is CCn1c(=O)c(-c2cc(NC(=O)Nc3ccn(C(C)(C)C)c3C)c(F)cc2C)cc2cnc(NC)cc21. The van der Waals surface area contributed by atoms with E-state index in [2.05, 4.69) is 46.3 Å². The number of pyridine rings is 2. The van der Waals surface area contributed by atoms with Crippen LogP contribution in [0.3, 0.4) is 0 Å². The Bertz CT molecular complexity index is 1560. The fourth-order valence-corrected chi connectivity index (χ4v) is 4.62. The van der Waals surface area contributed by atoms with Gasteiger partial charge in [-0.1, -0.05) is 0 Å². The molecule has 2 amide bonds. The Hall–Kier alpha value is -4.14. The molecule has 0 radical (unpaired) electrons. The number of nitrogens with one attached hydrogen (secondary N) is 3. The maximum Gasteiger partial charge on any atom is 0.323 e. The minimum absolute atomic E-state index is 0.0165. The number of amides is 2. The van der Waals surface area contributed by atoms with Crippen LogP contribution in [0.15, 0.2) is 47.5 Å². The minimum atomic E-state index is -0.586. The molecule has 37 heavy (non-hydrogen) atoms. The molecule has 1 aromatic carbocycles. The van der Waals surface area contributed by atoms with Crippen molar-refractivity contribution in [2.75, 3.05) is 23.0 Å². The fraction of sp³-hybridized carbons (Fsp3) is 0.321. The third-order valence-corrected chi connectivity index (χ3v) is 6.52. The van der Waals surface area contributed by atoms with E-state index in [0.29, 0.717) is 34.7 Å². The zero-order chi connectivity index (χ0) is 27.1. The standard InChI is InChI=1S/C28H33FN6O2/c1-8-34-24-14-25(30-7)31-15-18(24)12-20(26(34)36)19-13-23(21(29)11-16(19)2)33-27(37)32-22-9-10-35(17(22)3)28(4,5)6/h9-15H,8H2,1-7H3,(H,30,31)(H2,32,33,37). The lowest BCUT2D eigenvalue weighted by Gasteiger charge is -2.23. The summed E-state index contributed by atoms with van der Waals surface area (Å²) in [6.45, 7) is 12.2. The van der Waals surface area contributed by atoms with Gasteiger partial charge in [-0.15, -0.1) is 0 Å². The van der Waals surface area contributed by atoms with Crippen molar-refractivity contribution in [1.29, 1.82) is 0 Å². The highest BCUT2D eigenvalue weighted by molar-refractivity contribution is 6.00. The van der Waals surface area contributed by atoms with Crippen molar-refractivity contribution in [3.63, 3.8) is 0 Å². The van der Waals surface area contributed by atoms with Crippen LogP contribution in [0, 0.1) is 19.7 Å². The summed E-state index contributed by atoms with van der Waals surface area (Å²) in [5.74, 6) is 0.0720. The van der Waals surface area contributed by atoms with E-state index in [-0.39, 0.29) is 16.8 Å². The van der Waals surface area contributed by atoms with Crippen molar-refractivity contribution >= 4 is 34.1 Å². The maximum absolute atomic E-state index is 14.9. The van der Waals surface area contributed by atoms with E-state index >= 15 is 0 Å². The van der Waals surface area contributed by atoms with Gasteiger partial charge in [-0.25, -0.2) is 14.2 Å². The predicted octanol–water partition coefficient (Wildman–Crippen LogP) is 6.08. The van der Waals surface area contributed by atoms with E-state index in [4.69, 9.17) is 0 Å². The smallest absolute Gasteiger partial charge is 0.323 e. The summed E-state index contributed by atoms with van der Waals surface area (Å²) in [4.78, 5) is 30.6. The molecule has 3 N–H and O–H groups in total. The van der Waals surface area contributed by atoms with Gasteiger partial charge in [0.15, 0.2) is 0 Å². The number of anilines is 3. The summed E-state index contributed by atoms with van der Waals surface area (Å²) in [7, 11) is 1.77.